The van der Waals surface area contributed by atoms with Crippen molar-refractivity contribution in [3.05, 3.63) is 54.4 Å². The molecule has 0 unspecified atom stereocenters. The van der Waals surface area contributed by atoms with Crippen LogP contribution in [0, 0.1) is 5.92 Å². The number of morpholine rings is 1. The van der Waals surface area contributed by atoms with Gasteiger partial charge in [-0.1, -0.05) is 30.3 Å². The highest BCUT2D eigenvalue weighted by atomic mass is 16.5. The molecule has 1 aliphatic carbocycles. The predicted molar refractivity (Wildman–Crippen MR) is 110 cm³/mol. The summed E-state index contributed by atoms with van der Waals surface area (Å²) >= 11 is 0. The van der Waals surface area contributed by atoms with E-state index in [9.17, 15) is 9.59 Å². The van der Waals surface area contributed by atoms with Gasteiger partial charge in [-0.25, -0.2) is 0 Å². The third-order valence-corrected chi connectivity index (χ3v) is 5.66. The molecule has 2 amide bonds. The van der Waals surface area contributed by atoms with Gasteiger partial charge in [-0.3, -0.25) is 14.6 Å². The van der Waals surface area contributed by atoms with Crippen LogP contribution < -0.4 is 0 Å². The third-order valence-electron chi connectivity index (χ3n) is 5.66. The fourth-order valence-electron chi connectivity index (χ4n) is 3.96. The number of benzene rings is 1. The van der Waals surface area contributed by atoms with Gasteiger partial charge in [0.05, 0.1) is 13.2 Å². The molecule has 2 aliphatic rings. The zero-order valence-electron chi connectivity index (χ0n) is 17.0. The standard InChI is InChI=1S/C23H27N3O3/c1-25(2)22(28)23(16-26(12-13-29-23)21(27)19-9-10-19)14-17-5-7-18(8-6-17)20-4-3-11-24-15-20/h3-8,11,15,19H,9-10,12-14,16H2,1-2H3/t23-/m1/s1. The number of carbonyl (C=O) groups excluding carboxylic acids is 2. The van der Waals surface area contributed by atoms with Crippen molar-refractivity contribution in [3.8, 4) is 11.1 Å². The van der Waals surface area contributed by atoms with E-state index < -0.39 is 5.60 Å². The number of ether oxygens (including phenoxy) is 1. The van der Waals surface area contributed by atoms with Gasteiger partial charge >= 0.3 is 0 Å². The van der Waals surface area contributed by atoms with Crippen LogP contribution in [0.25, 0.3) is 11.1 Å². The van der Waals surface area contributed by atoms with Crippen LogP contribution in [0.5, 0.6) is 0 Å². The summed E-state index contributed by atoms with van der Waals surface area (Å²) in [7, 11) is 3.47. The Labute approximate surface area is 171 Å². The van der Waals surface area contributed by atoms with Gasteiger partial charge in [0.1, 0.15) is 0 Å². The molecule has 1 atom stereocenters. The lowest BCUT2D eigenvalue weighted by Gasteiger charge is -2.43. The van der Waals surface area contributed by atoms with E-state index in [1.165, 1.54) is 0 Å². The Kier molecular flexibility index (Phi) is 5.37. The van der Waals surface area contributed by atoms with Crippen LogP contribution in [0.15, 0.2) is 48.8 Å². The lowest BCUT2D eigenvalue weighted by atomic mass is 9.90. The Morgan fingerprint density at radius 1 is 1.17 bits per heavy atom. The molecule has 29 heavy (non-hydrogen) atoms. The summed E-state index contributed by atoms with van der Waals surface area (Å²) in [6, 6.07) is 12.1. The zero-order chi connectivity index (χ0) is 20.4. The first kappa shape index (κ1) is 19.6. The minimum absolute atomic E-state index is 0.0952. The number of carbonyl (C=O) groups is 2. The van der Waals surface area contributed by atoms with E-state index >= 15 is 0 Å². The summed E-state index contributed by atoms with van der Waals surface area (Å²) in [5, 5.41) is 0. The highest BCUT2D eigenvalue weighted by Gasteiger charge is 2.47. The van der Waals surface area contributed by atoms with E-state index in [2.05, 4.69) is 4.98 Å². The first-order valence-electron chi connectivity index (χ1n) is 10.1. The van der Waals surface area contributed by atoms with Crippen molar-refractivity contribution in [2.75, 3.05) is 33.8 Å². The molecule has 152 valence electrons. The maximum atomic E-state index is 13.1. The van der Waals surface area contributed by atoms with Crippen LogP contribution in [0.3, 0.4) is 0 Å². The number of aromatic nitrogens is 1. The molecule has 4 rings (SSSR count). The van der Waals surface area contributed by atoms with Crippen molar-refractivity contribution in [2.45, 2.75) is 24.9 Å². The van der Waals surface area contributed by atoms with E-state index in [-0.39, 0.29) is 17.7 Å². The predicted octanol–water partition coefficient (Wildman–Crippen LogP) is 2.39. The van der Waals surface area contributed by atoms with Crippen LogP contribution in [-0.2, 0) is 20.7 Å². The molecule has 1 saturated carbocycles. The number of amides is 2. The van der Waals surface area contributed by atoms with Gasteiger partial charge in [0.15, 0.2) is 5.60 Å². The fraction of sp³-hybridized carbons (Fsp3) is 0.435. The molecule has 0 radical (unpaired) electrons. The second-order valence-electron chi connectivity index (χ2n) is 8.19. The normalized spacial score (nSPS) is 21.7. The highest BCUT2D eigenvalue weighted by molar-refractivity contribution is 5.88. The topological polar surface area (TPSA) is 62.7 Å². The number of hydrogen-bond donors (Lipinski definition) is 0. The zero-order valence-corrected chi connectivity index (χ0v) is 17.0. The summed E-state index contributed by atoms with van der Waals surface area (Å²) in [5.41, 5.74) is 2.09. The molecule has 0 spiro atoms. The molecule has 6 nitrogen and oxygen atoms in total. The van der Waals surface area contributed by atoms with E-state index in [1.807, 2.05) is 47.5 Å². The second kappa shape index (κ2) is 7.95. The largest absolute Gasteiger partial charge is 0.361 e. The van der Waals surface area contributed by atoms with Crippen molar-refractivity contribution in [1.29, 1.82) is 0 Å². The maximum absolute atomic E-state index is 13.1. The summed E-state index contributed by atoms with van der Waals surface area (Å²) in [4.78, 5) is 33.3. The molecule has 1 aromatic heterocycles. The van der Waals surface area contributed by atoms with Crippen LogP contribution in [0.1, 0.15) is 18.4 Å². The first-order chi connectivity index (χ1) is 14.0. The lowest BCUT2D eigenvalue weighted by Crippen LogP contribution is -2.62. The lowest BCUT2D eigenvalue weighted by molar-refractivity contribution is -0.173. The van der Waals surface area contributed by atoms with Crippen LogP contribution in [0.2, 0.25) is 0 Å². The quantitative estimate of drug-likeness (QED) is 0.783. The van der Waals surface area contributed by atoms with Crippen LogP contribution >= 0.6 is 0 Å². The molecule has 2 heterocycles. The number of nitrogens with zero attached hydrogens (tertiary/aromatic N) is 3. The number of likely N-dealkylation sites (N-methyl/N-ethyl adjacent to an activating group) is 1. The number of hydrogen-bond acceptors (Lipinski definition) is 4. The Balaban J connectivity index is 1.57. The Bertz CT molecular complexity index is 878. The Morgan fingerprint density at radius 2 is 1.93 bits per heavy atom. The molecule has 1 aromatic carbocycles. The molecule has 0 N–H and O–H groups in total. The Hall–Kier alpha value is -2.73. The minimum Gasteiger partial charge on any atom is -0.361 e. The van der Waals surface area contributed by atoms with Crippen molar-refractivity contribution in [3.63, 3.8) is 0 Å². The third kappa shape index (κ3) is 4.17. The van der Waals surface area contributed by atoms with Gasteiger partial charge < -0.3 is 14.5 Å². The van der Waals surface area contributed by atoms with Crippen molar-refractivity contribution >= 4 is 11.8 Å². The molecule has 0 bridgehead atoms. The minimum atomic E-state index is -1.04. The first-order valence-corrected chi connectivity index (χ1v) is 10.1. The molecule has 1 saturated heterocycles. The summed E-state index contributed by atoms with van der Waals surface area (Å²) in [6.45, 7) is 1.24. The van der Waals surface area contributed by atoms with Gasteiger partial charge in [-0.15, -0.1) is 0 Å². The van der Waals surface area contributed by atoms with Gasteiger partial charge in [0.2, 0.25) is 5.91 Å². The molecule has 2 aromatic rings. The number of pyridine rings is 1. The van der Waals surface area contributed by atoms with E-state index in [1.54, 1.807) is 25.2 Å². The second-order valence-corrected chi connectivity index (χ2v) is 8.19. The average molecular weight is 393 g/mol. The molecular formula is C23H27N3O3. The van der Waals surface area contributed by atoms with Crippen LogP contribution in [0.4, 0.5) is 0 Å². The average Bonchev–Trinajstić information content (AvgIpc) is 3.59. The van der Waals surface area contributed by atoms with Crippen molar-refractivity contribution in [1.82, 2.24) is 14.8 Å². The molecule has 2 fully saturated rings. The van der Waals surface area contributed by atoms with E-state index in [0.29, 0.717) is 26.1 Å². The van der Waals surface area contributed by atoms with Gasteiger partial charge in [-0.05, 0) is 35.6 Å². The molecule has 6 heteroatoms. The van der Waals surface area contributed by atoms with Gasteiger partial charge in [0, 0.05) is 45.4 Å². The maximum Gasteiger partial charge on any atom is 0.256 e. The van der Waals surface area contributed by atoms with Crippen molar-refractivity contribution in [2.24, 2.45) is 5.92 Å². The summed E-state index contributed by atoms with van der Waals surface area (Å²) in [5.74, 6) is 0.206. The van der Waals surface area contributed by atoms with Gasteiger partial charge in [-0.2, -0.15) is 0 Å². The summed E-state index contributed by atoms with van der Waals surface area (Å²) < 4.78 is 6.09. The fourth-order valence-corrected chi connectivity index (χ4v) is 3.96. The monoisotopic (exact) mass is 393 g/mol. The molecule has 1 aliphatic heterocycles. The van der Waals surface area contributed by atoms with Crippen molar-refractivity contribution < 1.29 is 14.3 Å². The van der Waals surface area contributed by atoms with E-state index in [0.717, 1.165) is 29.5 Å². The van der Waals surface area contributed by atoms with E-state index in [4.69, 9.17) is 4.74 Å². The summed E-state index contributed by atoms with van der Waals surface area (Å²) in [6.07, 6.45) is 5.94. The smallest absolute Gasteiger partial charge is 0.256 e. The SMILES string of the molecule is CN(C)C(=O)[C@@]1(Cc2ccc(-c3cccnc3)cc2)CN(C(=O)C2CC2)CCO1. The highest BCUT2D eigenvalue weighted by Crippen LogP contribution is 2.34. The van der Waals surface area contributed by atoms with Gasteiger partial charge in [0.25, 0.3) is 5.91 Å². The molecular weight excluding hydrogens is 366 g/mol. The van der Waals surface area contributed by atoms with Crippen LogP contribution in [-0.4, -0.2) is 66.0 Å². The Morgan fingerprint density at radius 3 is 2.55 bits per heavy atom. The number of rotatable bonds is 5.